The van der Waals surface area contributed by atoms with Crippen LogP contribution in [0.3, 0.4) is 0 Å². The van der Waals surface area contributed by atoms with Crippen molar-refractivity contribution in [3.05, 3.63) is 35.9 Å². The summed E-state index contributed by atoms with van der Waals surface area (Å²) in [5.41, 5.74) is 3.81. The number of benzene rings is 1. The second kappa shape index (κ2) is 11.1. The van der Waals surface area contributed by atoms with Crippen LogP contribution in [0.5, 0.6) is 0 Å². The van der Waals surface area contributed by atoms with Gasteiger partial charge in [-0.3, -0.25) is 4.90 Å². The van der Waals surface area contributed by atoms with Gasteiger partial charge in [-0.15, -0.1) is 0 Å². The van der Waals surface area contributed by atoms with E-state index in [-0.39, 0.29) is 0 Å². The minimum Gasteiger partial charge on any atom is -0.294 e. The number of rotatable bonds is 4. The highest BCUT2D eigenvalue weighted by Gasteiger charge is 2.68. The van der Waals surface area contributed by atoms with Gasteiger partial charge in [0.05, 0.1) is 8.07 Å². The molecule has 1 nitrogen and oxygen atoms in total. The zero-order valence-corrected chi connectivity index (χ0v) is 27.9. The molecule has 1 saturated heterocycles. The third-order valence-electron chi connectivity index (χ3n) is 15.4. The average molecular weight is 572 g/mol. The summed E-state index contributed by atoms with van der Waals surface area (Å²) in [6, 6.07) is 14.7. The summed E-state index contributed by atoms with van der Waals surface area (Å²) in [4.78, 5) is 3.41. The molecule has 6 aliphatic carbocycles. The van der Waals surface area contributed by atoms with Gasteiger partial charge in [0.2, 0.25) is 0 Å². The van der Waals surface area contributed by atoms with E-state index in [1.807, 2.05) is 0 Å². The normalized spacial score (nSPS) is 47.0. The maximum Gasteiger partial charge on any atom is 0.0561 e. The predicted molar refractivity (Wildman–Crippen MR) is 176 cm³/mol. The lowest BCUT2D eigenvalue weighted by Gasteiger charge is -2.52. The summed E-state index contributed by atoms with van der Waals surface area (Å²) >= 11 is 0. The molecule has 7 fully saturated rings. The molecule has 12 atom stereocenters. The van der Waals surface area contributed by atoms with Crippen molar-refractivity contribution in [1.29, 1.82) is 0 Å². The van der Waals surface area contributed by atoms with Crippen LogP contribution in [0.15, 0.2) is 30.3 Å². The standard InChI is InChI=1S/C39H61NSi/c1-26-25-34-29(27-15-6-4-7-16-27)22-14-23-32(34)38(26)41(2,3)39-31-20-11-10-19-30(31)36-33-21-12-13-24-35(33)40(37(36)39)28-17-8-5-9-18-28/h4,6-7,15-16,26,28-39H,5,8-14,17-25H2,1-3H3/t26?,29-,30?,31?,32?,33?,34?,35?,36?,37?,38?,39?/m1/s1. The average Bonchev–Trinajstić information content (AvgIpc) is 3.64. The fourth-order valence-corrected chi connectivity index (χ4v) is 20.9. The molecule has 1 aliphatic heterocycles. The molecule has 1 aromatic rings. The number of hydrogen-bond donors (Lipinski definition) is 0. The molecular weight excluding hydrogens is 511 g/mol. The predicted octanol–water partition coefficient (Wildman–Crippen LogP) is 10.7. The Morgan fingerprint density at radius 1 is 0.610 bits per heavy atom. The second-order valence-corrected chi connectivity index (χ2v) is 22.3. The number of nitrogens with zero attached hydrogens (tertiary/aromatic N) is 1. The van der Waals surface area contributed by atoms with Crippen LogP contribution in [-0.2, 0) is 0 Å². The molecule has 0 radical (unpaired) electrons. The van der Waals surface area contributed by atoms with Gasteiger partial charge >= 0.3 is 0 Å². The Bertz CT molecular complexity index is 1040. The number of fused-ring (bicyclic) bond motifs is 6. The van der Waals surface area contributed by atoms with Crippen LogP contribution in [0.2, 0.25) is 24.2 Å². The summed E-state index contributed by atoms with van der Waals surface area (Å²) < 4.78 is 0. The largest absolute Gasteiger partial charge is 0.294 e. The first kappa shape index (κ1) is 27.9. The maximum atomic E-state index is 3.41. The van der Waals surface area contributed by atoms with E-state index in [1.165, 1.54) is 64.2 Å². The lowest BCUT2D eigenvalue weighted by atomic mass is 9.70. The molecule has 226 valence electrons. The Hall–Kier alpha value is -0.603. The fourth-order valence-electron chi connectivity index (χ4n) is 14.6. The second-order valence-electron chi connectivity index (χ2n) is 17.3. The van der Waals surface area contributed by atoms with Crippen LogP contribution in [0, 0.1) is 41.4 Å². The van der Waals surface area contributed by atoms with Gasteiger partial charge in [0.25, 0.3) is 0 Å². The minimum absolute atomic E-state index is 0.832. The summed E-state index contributed by atoms with van der Waals surface area (Å²) in [5, 5.41) is 0. The summed E-state index contributed by atoms with van der Waals surface area (Å²) in [5.74, 6) is 8.04. The summed E-state index contributed by atoms with van der Waals surface area (Å²) in [6.45, 7) is 8.75. The van der Waals surface area contributed by atoms with Crippen molar-refractivity contribution >= 4 is 8.07 Å². The first-order chi connectivity index (χ1) is 20.1. The molecule has 11 unspecified atom stereocenters. The van der Waals surface area contributed by atoms with Crippen LogP contribution >= 0.6 is 0 Å². The van der Waals surface area contributed by atoms with Crippen molar-refractivity contribution in [2.24, 2.45) is 41.4 Å². The van der Waals surface area contributed by atoms with E-state index in [9.17, 15) is 0 Å². The topological polar surface area (TPSA) is 3.24 Å². The van der Waals surface area contributed by atoms with Crippen molar-refractivity contribution in [2.75, 3.05) is 0 Å². The molecule has 41 heavy (non-hydrogen) atoms. The summed E-state index contributed by atoms with van der Waals surface area (Å²) in [7, 11) is -1.54. The molecule has 0 amide bonds. The lowest BCUT2D eigenvalue weighted by Crippen LogP contribution is -2.55. The lowest BCUT2D eigenvalue weighted by molar-refractivity contribution is 0.0652. The van der Waals surface area contributed by atoms with Gasteiger partial charge in [-0.25, -0.2) is 0 Å². The van der Waals surface area contributed by atoms with Crippen molar-refractivity contribution in [3.8, 4) is 0 Å². The quantitative estimate of drug-likeness (QED) is 0.325. The van der Waals surface area contributed by atoms with E-state index in [4.69, 9.17) is 0 Å². The molecular formula is C39H61NSi. The Labute approximate surface area is 254 Å². The van der Waals surface area contributed by atoms with E-state index in [0.29, 0.717) is 0 Å². The van der Waals surface area contributed by atoms with Gasteiger partial charge < -0.3 is 0 Å². The van der Waals surface area contributed by atoms with Gasteiger partial charge in [-0.05, 0) is 109 Å². The third-order valence-corrected chi connectivity index (χ3v) is 20.6. The molecule has 7 aliphatic rings. The Kier molecular flexibility index (Phi) is 7.54. The highest BCUT2D eigenvalue weighted by molar-refractivity contribution is 6.80. The van der Waals surface area contributed by atoms with E-state index < -0.39 is 8.07 Å². The van der Waals surface area contributed by atoms with Crippen LogP contribution in [0.4, 0.5) is 0 Å². The number of likely N-dealkylation sites (tertiary alicyclic amines) is 1. The van der Waals surface area contributed by atoms with Crippen LogP contribution in [0.25, 0.3) is 0 Å². The molecule has 1 aromatic carbocycles. The fraction of sp³-hybridized carbons (Fsp3) is 0.846. The van der Waals surface area contributed by atoms with E-state index in [0.717, 1.165) is 76.6 Å². The first-order valence-electron chi connectivity index (χ1n) is 18.9. The monoisotopic (exact) mass is 571 g/mol. The maximum absolute atomic E-state index is 3.41. The van der Waals surface area contributed by atoms with E-state index in [2.05, 4.69) is 55.2 Å². The van der Waals surface area contributed by atoms with Gasteiger partial charge in [0, 0.05) is 18.1 Å². The molecule has 8 rings (SSSR count). The Balaban J connectivity index is 1.17. The molecule has 1 heterocycles. The molecule has 0 N–H and O–H groups in total. The van der Waals surface area contributed by atoms with Crippen LogP contribution < -0.4 is 0 Å². The molecule has 0 aromatic heterocycles. The Morgan fingerprint density at radius 3 is 2.02 bits per heavy atom. The third kappa shape index (κ3) is 4.44. The van der Waals surface area contributed by atoms with E-state index >= 15 is 0 Å². The van der Waals surface area contributed by atoms with Gasteiger partial charge in [0.1, 0.15) is 0 Å². The first-order valence-corrected chi connectivity index (χ1v) is 22.0. The molecule has 2 heteroatoms. The molecule has 0 bridgehead atoms. The van der Waals surface area contributed by atoms with E-state index in [1.54, 1.807) is 50.5 Å². The van der Waals surface area contributed by atoms with Crippen LogP contribution in [-0.4, -0.2) is 31.1 Å². The SMILES string of the molecule is CC1CC2C(CCC[C@@H]2c2ccccc2)C1[Si](C)(C)C1C2CCCCC2C2C3CCCCC3N(C3CCCCC3)C21. The Morgan fingerprint density at radius 2 is 1.24 bits per heavy atom. The zero-order valence-electron chi connectivity index (χ0n) is 26.9. The zero-order chi connectivity index (χ0) is 27.7. The van der Waals surface area contributed by atoms with Gasteiger partial charge in [-0.2, -0.15) is 0 Å². The van der Waals surface area contributed by atoms with Gasteiger partial charge in [0.15, 0.2) is 0 Å². The molecule has 6 saturated carbocycles. The van der Waals surface area contributed by atoms with Crippen molar-refractivity contribution in [1.82, 2.24) is 4.90 Å². The number of hydrogen-bond acceptors (Lipinski definition) is 1. The molecule has 0 spiro atoms. The highest BCUT2D eigenvalue weighted by atomic mass is 28.3. The summed E-state index contributed by atoms with van der Waals surface area (Å²) in [6.07, 6.45) is 26.1. The van der Waals surface area contributed by atoms with Crippen molar-refractivity contribution < 1.29 is 0 Å². The minimum atomic E-state index is -1.54. The highest BCUT2D eigenvalue weighted by Crippen LogP contribution is 2.70. The van der Waals surface area contributed by atoms with Gasteiger partial charge in [-0.1, -0.05) is 115 Å². The van der Waals surface area contributed by atoms with Crippen molar-refractivity contribution in [2.45, 2.75) is 164 Å². The van der Waals surface area contributed by atoms with Crippen LogP contribution in [0.1, 0.15) is 128 Å². The van der Waals surface area contributed by atoms with Crippen molar-refractivity contribution in [3.63, 3.8) is 0 Å². The smallest absolute Gasteiger partial charge is 0.0561 e.